The number of hydrogen-bond acceptors (Lipinski definition) is 3. The molecule has 0 amide bonds. The fraction of sp³-hybridized carbons (Fsp3) is 0. The van der Waals surface area contributed by atoms with Crippen LogP contribution in [0.3, 0.4) is 0 Å². The lowest BCUT2D eigenvalue weighted by Crippen LogP contribution is -2.05. The zero-order chi connectivity index (χ0) is 15.5. The van der Waals surface area contributed by atoms with Gasteiger partial charge < -0.3 is 5.11 Å². The zero-order valence-corrected chi connectivity index (χ0v) is 11.4. The van der Waals surface area contributed by atoms with Crippen molar-refractivity contribution in [2.24, 2.45) is 0 Å². The molecule has 1 heterocycles. The molecule has 4 nitrogen and oxygen atoms in total. The van der Waals surface area contributed by atoms with Crippen LogP contribution < -0.4 is 0 Å². The first-order valence-corrected chi connectivity index (χ1v) is 6.57. The summed E-state index contributed by atoms with van der Waals surface area (Å²) in [5.74, 6) is -1.37. The molecule has 0 spiro atoms. The maximum Gasteiger partial charge on any atom is 0.339 e. The number of aromatic nitrogens is 2. The third-order valence-corrected chi connectivity index (χ3v) is 3.18. The molecular weight excluding hydrogens is 283 g/mol. The Hall–Kier alpha value is -3.08. The SMILES string of the molecule is O=C(O)c1cnc(-c2ccccc2)nc1-c1ccccc1F. The predicted octanol–water partition coefficient (Wildman–Crippen LogP) is 3.65. The summed E-state index contributed by atoms with van der Waals surface area (Å²) < 4.78 is 14.0. The molecule has 0 saturated heterocycles. The molecule has 0 radical (unpaired) electrons. The molecule has 1 N–H and O–H groups in total. The number of rotatable bonds is 3. The maximum atomic E-state index is 14.0. The van der Waals surface area contributed by atoms with Gasteiger partial charge in [-0.2, -0.15) is 0 Å². The van der Waals surface area contributed by atoms with Gasteiger partial charge in [0, 0.05) is 17.3 Å². The van der Waals surface area contributed by atoms with Crippen molar-refractivity contribution in [3.8, 4) is 22.6 Å². The summed E-state index contributed by atoms with van der Waals surface area (Å²) in [6.07, 6.45) is 1.21. The molecule has 108 valence electrons. The molecule has 0 aliphatic heterocycles. The van der Waals surface area contributed by atoms with Gasteiger partial charge in [0.1, 0.15) is 11.4 Å². The van der Waals surface area contributed by atoms with Crippen molar-refractivity contribution < 1.29 is 14.3 Å². The maximum absolute atomic E-state index is 14.0. The highest BCUT2D eigenvalue weighted by Gasteiger charge is 2.18. The van der Waals surface area contributed by atoms with Gasteiger partial charge in [0.25, 0.3) is 0 Å². The molecule has 0 atom stereocenters. The van der Waals surface area contributed by atoms with Gasteiger partial charge in [0.15, 0.2) is 5.82 Å². The largest absolute Gasteiger partial charge is 0.478 e. The number of carboxylic acid groups (broad SMARTS) is 1. The van der Waals surface area contributed by atoms with E-state index in [2.05, 4.69) is 9.97 Å². The van der Waals surface area contributed by atoms with Gasteiger partial charge in [-0.25, -0.2) is 19.2 Å². The number of carbonyl (C=O) groups is 1. The van der Waals surface area contributed by atoms with Crippen LogP contribution in [0.15, 0.2) is 60.8 Å². The van der Waals surface area contributed by atoms with Crippen molar-refractivity contribution in [3.63, 3.8) is 0 Å². The number of nitrogens with zero attached hydrogens (tertiary/aromatic N) is 2. The molecule has 0 aliphatic rings. The van der Waals surface area contributed by atoms with Crippen molar-refractivity contribution in [2.75, 3.05) is 0 Å². The van der Waals surface area contributed by atoms with Crippen LogP contribution in [0.4, 0.5) is 4.39 Å². The first-order valence-electron chi connectivity index (χ1n) is 6.57. The van der Waals surface area contributed by atoms with Gasteiger partial charge in [-0.3, -0.25) is 0 Å². The van der Waals surface area contributed by atoms with E-state index in [1.807, 2.05) is 18.2 Å². The zero-order valence-electron chi connectivity index (χ0n) is 11.4. The van der Waals surface area contributed by atoms with Crippen LogP contribution in [0, 0.1) is 5.82 Å². The molecule has 0 unspecified atom stereocenters. The second-order valence-electron chi connectivity index (χ2n) is 4.61. The van der Waals surface area contributed by atoms with E-state index in [0.29, 0.717) is 5.82 Å². The number of hydrogen-bond donors (Lipinski definition) is 1. The summed E-state index contributed by atoms with van der Waals surface area (Å²) in [7, 11) is 0. The third kappa shape index (κ3) is 2.56. The highest BCUT2D eigenvalue weighted by molar-refractivity contribution is 5.94. The van der Waals surface area contributed by atoms with E-state index in [1.165, 1.54) is 18.3 Å². The molecule has 0 saturated carbocycles. The Kier molecular flexibility index (Phi) is 3.62. The molecule has 3 aromatic rings. The van der Waals surface area contributed by atoms with Crippen molar-refractivity contribution in [2.45, 2.75) is 0 Å². The minimum absolute atomic E-state index is 0.0689. The van der Waals surface area contributed by atoms with Gasteiger partial charge >= 0.3 is 5.97 Å². The molecule has 0 bridgehead atoms. The van der Waals surface area contributed by atoms with E-state index in [1.54, 1.807) is 24.3 Å². The first-order chi connectivity index (χ1) is 10.7. The number of halogens is 1. The molecule has 0 fully saturated rings. The van der Waals surface area contributed by atoms with Crippen LogP contribution >= 0.6 is 0 Å². The van der Waals surface area contributed by atoms with Crippen molar-refractivity contribution in [1.82, 2.24) is 9.97 Å². The lowest BCUT2D eigenvalue weighted by atomic mass is 10.1. The first kappa shape index (κ1) is 13.9. The molecule has 0 aliphatic carbocycles. The van der Waals surface area contributed by atoms with E-state index in [9.17, 15) is 14.3 Å². The minimum Gasteiger partial charge on any atom is -0.478 e. The van der Waals surface area contributed by atoms with E-state index in [-0.39, 0.29) is 16.8 Å². The molecule has 22 heavy (non-hydrogen) atoms. The van der Waals surface area contributed by atoms with Gasteiger partial charge in [0.2, 0.25) is 0 Å². The van der Waals surface area contributed by atoms with Gasteiger partial charge in [-0.1, -0.05) is 42.5 Å². The van der Waals surface area contributed by atoms with E-state index in [0.717, 1.165) is 5.56 Å². The summed E-state index contributed by atoms with van der Waals surface area (Å²) in [5, 5.41) is 9.28. The highest BCUT2D eigenvalue weighted by atomic mass is 19.1. The van der Waals surface area contributed by atoms with Crippen LogP contribution in [0.1, 0.15) is 10.4 Å². The van der Waals surface area contributed by atoms with Crippen molar-refractivity contribution in [1.29, 1.82) is 0 Å². The van der Waals surface area contributed by atoms with E-state index < -0.39 is 11.8 Å². The lowest BCUT2D eigenvalue weighted by Gasteiger charge is -2.08. The summed E-state index contributed by atoms with van der Waals surface area (Å²) in [6.45, 7) is 0. The van der Waals surface area contributed by atoms with Crippen LogP contribution in [-0.2, 0) is 0 Å². The molecule has 5 heteroatoms. The number of benzene rings is 2. The van der Waals surface area contributed by atoms with E-state index >= 15 is 0 Å². The van der Waals surface area contributed by atoms with Crippen LogP contribution in [0.2, 0.25) is 0 Å². The number of aromatic carboxylic acids is 1. The Morgan fingerprint density at radius 2 is 1.68 bits per heavy atom. The Morgan fingerprint density at radius 3 is 2.36 bits per heavy atom. The molecular formula is C17H11FN2O2. The summed E-state index contributed by atoms with van der Waals surface area (Å²) in [4.78, 5) is 19.7. The van der Waals surface area contributed by atoms with Gasteiger partial charge in [-0.15, -0.1) is 0 Å². The second-order valence-corrected chi connectivity index (χ2v) is 4.61. The average Bonchev–Trinajstić information content (AvgIpc) is 2.55. The topological polar surface area (TPSA) is 63.1 Å². The third-order valence-electron chi connectivity index (χ3n) is 3.18. The summed E-state index contributed by atoms with van der Waals surface area (Å²) >= 11 is 0. The molecule has 2 aromatic carbocycles. The van der Waals surface area contributed by atoms with Crippen molar-refractivity contribution in [3.05, 3.63) is 72.2 Å². The summed E-state index contributed by atoms with van der Waals surface area (Å²) in [5.41, 5.74) is 0.806. The smallest absolute Gasteiger partial charge is 0.339 e. The average molecular weight is 294 g/mol. The Morgan fingerprint density at radius 1 is 1.00 bits per heavy atom. The quantitative estimate of drug-likeness (QED) is 0.801. The van der Waals surface area contributed by atoms with Crippen LogP contribution in [0.25, 0.3) is 22.6 Å². The second kappa shape index (κ2) is 5.73. The Labute approximate surface area is 125 Å². The number of carboxylic acids is 1. The van der Waals surface area contributed by atoms with Crippen molar-refractivity contribution >= 4 is 5.97 Å². The molecule has 3 rings (SSSR count). The van der Waals surface area contributed by atoms with E-state index in [4.69, 9.17) is 0 Å². The van der Waals surface area contributed by atoms with Gasteiger partial charge in [-0.05, 0) is 12.1 Å². The molecule has 1 aromatic heterocycles. The minimum atomic E-state index is -1.20. The summed E-state index contributed by atoms with van der Waals surface area (Å²) in [6, 6.07) is 15.1. The standard InChI is InChI=1S/C17H11FN2O2/c18-14-9-5-4-8-12(14)15-13(17(21)22)10-19-16(20-15)11-6-2-1-3-7-11/h1-10H,(H,21,22). The fourth-order valence-corrected chi connectivity index (χ4v) is 2.12. The highest BCUT2D eigenvalue weighted by Crippen LogP contribution is 2.26. The normalized spacial score (nSPS) is 10.4. The van der Waals surface area contributed by atoms with Crippen LogP contribution in [-0.4, -0.2) is 21.0 Å². The lowest BCUT2D eigenvalue weighted by molar-refractivity contribution is 0.0697. The Bertz CT molecular complexity index is 835. The van der Waals surface area contributed by atoms with Gasteiger partial charge in [0.05, 0.1) is 5.69 Å². The Balaban J connectivity index is 2.22. The predicted molar refractivity (Wildman–Crippen MR) is 79.8 cm³/mol. The monoisotopic (exact) mass is 294 g/mol. The van der Waals surface area contributed by atoms with Crippen LogP contribution in [0.5, 0.6) is 0 Å². The fourth-order valence-electron chi connectivity index (χ4n) is 2.12.